The number of nitrogens with zero attached hydrogens (tertiary/aromatic N) is 3. The molecule has 1 aliphatic heterocycles. The SMILES string of the molecule is CNC(=O)[C@H](Cc1ccc2ccccc2c1)N1CCC(=O)N(Cc2ccncc2)[C@@H](CC(C)C)C1=O. The molecule has 2 atom stereocenters. The van der Waals surface area contributed by atoms with Crippen molar-refractivity contribution in [2.75, 3.05) is 13.6 Å². The Morgan fingerprint density at radius 1 is 1.03 bits per heavy atom. The van der Waals surface area contributed by atoms with E-state index in [0.717, 1.165) is 21.9 Å². The molecule has 188 valence electrons. The Morgan fingerprint density at radius 2 is 1.75 bits per heavy atom. The number of carbonyl (C=O) groups excluding carboxylic acids is 3. The van der Waals surface area contributed by atoms with Crippen molar-refractivity contribution in [1.82, 2.24) is 20.1 Å². The Bertz CT molecular complexity index is 1230. The zero-order valence-electron chi connectivity index (χ0n) is 21.2. The summed E-state index contributed by atoms with van der Waals surface area (Å²) in [6, 6.07) is 16.6. The molecule has 3 amide bonds. The van der Waals surface area contributed by atoms with E-state index in [0.29, 0.717) is 19.4 Å². The summed E-state index contributed by atoms with van der Waals surface area (Å²) in [5, 5.41) is 4.95. The summed E-state index contributed by atoms with van der Waals surface area (Å²) >= 11 is 0. The molecule has 1 N–H and O–H groups in total. The summed E-state index contributed by atoms with van der Waals surface area (Å²) < 4.78 is 0. The number of hydrogen-bond acceptors (Lipinski definition) is 4. The first-order valence-corrected chi connectivity index (χ1v) is 12.6. The maximum Gasteiger partial charge on any atom is 0.246 e. The summed E-state index contributed by atoms with van der Waals surface area (Å²) in [6.07, 6.45) is 4.46. The maximum absolute atomic E-state index is 14.0. The highest BCUT2D eigenvalue weighted by Crippen LogP contribution is 2.25. The molecule has 2 heterocycles. The van der Waals surface area contributed by atoms with E-state index in [2.05, 4.69) is 16.4 Å². The van der Waals surface area contributed by atoms with E-state index in [1.165, 1.54) is 0 Å². The third-order valence-corrected chi connectivity index (χ3v) is 6.80. The van der Waals surface area contributed by atoms with Crippen LogP contribution in [0.15, 0.2) is 67.0 Å². The van der Waals surface area contributed by atoms with Crippen LogP contribution in [0.2, 0.25) is 0 Å². The van der Waals surface area contributed by atoms with Gasteiger partial charge in [-0.25, -0.2) is 0 Å². The van der Waals surface area contributed by atoms with E-state index >= 15 is 0 Å². The summed E-state index contributed by atoms with van der Waals surface area (Å²) in [4.78, 5) is 47.8. The largest absolute Gasteiger partial charge is 0.357 e. The third-order valence-electron chi connectivity index (χ3n) is 6.80. The summed E-state index contributed by atoms with van der Waals surface area (Å²) in [6.45, 7) is 4.64. The van der Waals surface area contributed by atoms with Crippen molar-refractivity contribution in [2.24, 2.45) is 5.92 Å². The fourth-order valence-electron chi connectivity index (χ4n) is 4.94. The second kappa shape index (κ2) is 11.3. The first-order chi connectivity index (χ1) is 17.4. The highest BCUT2D eigenvalue weighted by Gasteiger charge is 2.41. The standard InChI is InChI=1S/C29H34N4O3/c1-20(2)16-26-29(36)32(15-12-27(34)33(26)19-21-10-13-31-14-11-21)25(28(35)30-3)18-22-8-9-23-6-4-5-7-24(23)17-22/h4-11,13-14,17,20,25-26H,12,15-16,18-19H2,1-3H3,(H,30,35)/t25-,26-/m0/s1. The van der Waals surface area contributed by atoms with Crippen molar-refractivity contribution < 1.29 is 14.4 Å². The number of fused-ring (bicyclic) bond motifs is 1. The molecule has 0 aliphatic carbocycles. The fraction of sp³-hybridized carbons (Fsp3) is 0.379. The second-order valence-electron chi connectivity index (χ2n) is 9.82. The molecule has 1 saturated heterocycles. The second-order valence-corrected chi connectivity index (χ2v) is 9.82. The summed E-state index contributed by atoms with van der Waals surface area (Å²) in [7, 11) is 1.59. The van der Waals surface area contributed by atoms with E-state index in [4.69, 9.17) is 0 Å². The van der Waals surface area contributed by atoms with E-state index in [1.807, 2.05) is 62.4 Å². The van der Waals surface area contributed by atoms with Gasteiger partial charge in [-0.2, -0.15) is 0 Å². The highest BCUT2D eigenvalue weighted by molar-refractivity contribution is 5.94. The average Bonchev–Trinajstić information content (AvgIpc) is 2.99. The average molecular weight is 487 g/mol. The first kappa shape index (κ1) is 25.4. The van der Waals surface area contributed by atoms with Crippen molar-refractivity contribution in [1.29, 1.82) is 0 Å². The molecule has 7 heteroatoms. The van der Waals surface area contributed by atoms with Crippen LogP contribution in [0.3, 0.4) is 0 Å². The molecule has 0 saturated carbocycles. The summed E-state index contributed by atoms with van der Waals surface area (Å²) in [5.74, 6) is -0.270. The Balaban J connectivity index is 1.66. The third kappa shape index (κ3) is 5.73. The number of aromatic nitrogens is 1. The predicted octanol–water partition coefficient (Wildman–Crippen LogP) is 3.57. The fourth-order valence-corrected chi connectivity index (χ4v) is 4.94. The zero-order chi connectivity index (χ0) is 25.7. The van der Waals surface area contributed by atoms with Crippen molar-refractivity contribution >= 4 is 28.5 Å². The van der Waals surface area contributed by atoms with Crippen molar-refractivity contribution in [3.8, 4) is 0 Å². The van der Waals surface area contributed by atoms with Gasteiger partial charge in [0.15, 0.2) is 0 Å². The molecule has 1 aromatic heterocycles. The minimum atomic E-state index is -0.702. The monoisotopic (exact) mass is 486 g/mol. The van der Waals surface area contributed by atoms with E-state index < -0.39 is 12.1 Å². The van der Waals surface area contributed by atoms with Gasteiger partial charge in [0.1, 0.15) is 12.1 Å². The maximum atomic E-state index is 14.0. The molecule has 0 unspecified atom stereocenters. The molecule has 2 aromatic carbocycles. The van der Waals surface area contributed by atoms with Gasteiger partial charge >= 0.3 is 0 Å². The predicted molar refractivity (Wildman–Crippen MR) is 140 cm³/mol. The smallest absolute Gasteiger partial charge is 0.246 e. The van der Waals surface area contributed by atoms with Gasteiger partial charge in [0.2, 0.25) is 17.7 Å². The van der Waals surface area contributed by atoms with Crippen LogP contribution >= 0.6 is 0 Å². The van der Waals surface area contributed by atoms with Crippen LogP contribution in [0.1, 0.15) is 37.8 Å². The van der Waals surface area contributed by atoms with Crippen LogP contribution in [-0.4, -0.2) is 58.2 Å². The number of nitrogens with one attached hydrogen (secondary N) is 1. The topological polar surface area (TPSA) is 82.6 Å². The molecule has 36 heavy (non-hydrogen) atoms. The first-order valence-electron chi connectivity index (χ1n) is 12.6. The van der Waals surface area contributed by atoms with Gasteiger partial charge in [0.05, 0.1) is 0 Å². The van der Waals surface area contributed by atoms with Crippen molar-refractivity contribution in [2.45, 2.75) is 51.7 Å². The quantitative estimate of drug-likeness (QED) is 0.528. The molecule has 1 aliphatic rings. The molecule has 0 radical (unpaired) electrons. The lowest BCUT2D eigenvalue weighted by Gasteiger charge is -2.35. The highest BCUT2D eigenvalue weighted by atomic mass is 16.2. The number of benzene rings is 2. The lowest BCUT2D eigenvalue weighted by atomic mass is 9.97. The number of amides is 3. The van der Waals surface area contributed by atoms with E-state index in [1.54, 1.807) is 29.2 Å². The van der Waals surface area contributed by atoms with E-state index in [-0.39, 0.29) is 36.6 Å². The minimum absolute atomic E-state index is 0.0744. The van der Waals surface area contributed by atoms with Crippen LogP contribution in [0, 0.1) is 5.92 Å². The minimum Gasteiger partial charge on any atom is -0.357 e. The van der Waals surface area contributed by atoms with Gasteiger partial charge in [-0.05, 0) is 46.4 Å². The van der Waals surface area contributed by atoms with Gasteiger partial charge in [0, 0.05) is 45.4 Å². The molecule has 7 nitrogen and oxygen atoms in total. The Hall–Kier alpha value is -3.74. The normalized spacial score (nSPS) is 17.4. The van der Waals surface area contributed by atoms with Crippen LogP contribution in [0.25, 0.3) is 10.8 Å². The molecule has 3 aromatic rings. The summed E-state index contributed by atoms with van der Waals surface area (Å²) in [5.41, 5.74) is 1.90. The van der Waals surface area contributed by atoms with E-state index in [9.17, 15) is 14.4 Å². The number of hydrogen-bond donors (Lipinski definition) is 1. The lowest BCUT2D eigenvalue weighted by Crippen LogP contribution is -2.54. The number of pyridine rings is 1. The molecule has 1 fully saturated rings. The van der Waals surface area contributed by atoms with Gasteiger partial charge in [-0.3, -0.25) is 19.4 Å². The van der Waals surface area contributed by atoms with Crippen LogP contribution in [0.5, 0.6) is 0 Å². The van der Waals surface area contributed by atoms with Crippen LogP contribution in [0.4, 0.5) is 0 Å². The van der Waals surface area contributed by atoms with Gasteiger partial charge in [0.25, 0.3) is 0 Å². The molecular weight excluding hydrogens is 452 g/mol. The molecular formula is C29H34N4O3. The van der Waals surface area contributed by atoms with Gasteiger partial charge in [-0.15, -0.1) is 0 Å². The van der Waals surface area contributed by atoms with Crippen LogP contribution in [-0.2, 0) is 27.3 Å². The Morgan fingerprint density at radius 3 is 2.44 bits per heavy atom. The molecule has 4 rings (SSSR count). The Kier molecular flexibility index (Phi) is 7.98. The van der Waals surface area contributed by atoms with Gasteiger partial charge in [-0.1, -0.05) is 56.3 Å². The number of likely N-dealkylation sites (N-methyl/N-ethyl adjacent to an activating group) is 1. The number of rotatable bonds is 8. The zero-order valence-corrected chi connectivity index (χ0v) is 21.2. The number of carbonyl (C=O) groups is 3. The van der Waals surface area contributed by atoms with Crippen LogP contribution < -0.4 is 5.32 Å². The Labute approximate surface area is 212 Å². The lowest BCUT2D eigenvalue weighted by molar-refractivity contribution is -0.146. The van der Waals surface area contributed by atoms with Gasteiger partial charge < -0.3 is 15.1 Å². The molecule has 0 spiro atoms. The molecule has 0 bridgehead atoms. The van der Waals surface area contributed by atoms with Crippen molar-refractivity contribution in [3.63, 3.8) is 0 Å². The van der Waals surface area contributed by atoms with Crippen molar-refractivity contribution in [3.05, 3.63) is 78.1 Å².